The smallest absolute Gasteiger partial charge is 0.475 e. The first-order chi connectivity index (χ1) is 17.5. The molecule has 5 rings (SSSR count). The predicted octanol–water partition coefficient (Wildman–Crippen LogP) is 4.46. The third kappa shape index (κ3) is 5.82. The molecule has 2 amide bonds. The van der Waals surface area contributed by atoms with Crippen molar-refractivity contribution in [1.29, 1.82) is 0 Å². The minimum atomic E-state index is -5.08. The van der Waals surface area contributed by atoms with E-state index in [1.807, 2.05) is 47.4 Å². The van der Waals surface area contributed by atoms with E-state index in [-0.39, 0.29) is 17.7 Å². The first-order valence-electron chi connectivity index (χ1n) is 11.7. The predicted molar refractivity (Wildman–Crippen MR) is 129 cm³/mol. The Balaban J connectivity index is 0.000000405. The zero-order valence-electron chi connectivity index (χ0n) is 19.9. The highest BCUT2D eigenvalue weighted by Crippen LogP contribution is 2.30. The monoisotopic (exact) mass is 514 g/mol. The number of alkyl halides is 3. The number of H-pyrrole nitrogens is 1. The molecule has 0 bridgehead atoms. The number of amides is 2. The summed E-state index contributed by atoms with van der Waals surface area (Å²) < 4.78 is 31.7. The molecule has 194 valence electrons. The highest BCUT2D eigenvalue weighted by atomic mass is 19.4. The van der Waals surface area contributed by atoms with Crippen molar-refractivity contribution < 1.29 is 32.7 Å². The van der Waals surface area contributed by atoms with E-state index in [1.54, 1.807) is 6.20 Å². The largest absolute Gasteiger partial charge is 0.490 e. The molecule has 3 N–H and O–H groups in total. The van der Waals surface area contributed by atoms with E-state index in [0.717, 1.165) is 54.1 Å². The number of hydrogen-bond donors (Lipinski definition) is 3. The van der Waals surface area contributed by atoms with Gasteiger partial charge < -0.3 is 20.3 Å². The number of nitrogens with zero attached hydrogens (tertiary/aromatic N) is 2. The van der Waals surface area contributed by atoms with Crippen LogP contribution in [0.1, 0.15) is 52.1 Å². The Morgan fingerprint density at radius 3 is 2.30 bits per heavy atom. The Hall–Kier alpha value is -4.15. The molecule has 0 saturated carbocycles. The third-order valence-corrected chi connectivity index (χ3v) is 6.29. The van der Waals surface area contributed by atoms with Crippen LogP contribution in [0.3, 0.4) is 0 Å². The molecule has 1 aromatic carbocycles. The van der Waals surface area contributed by atoms with Crippen molar-refractivity contribution in [3.63, 3.8) is 0 Å². The maximum atomic E-state index is 12.6. The molecule has 0 aliphatic carbocycles. The molecule has 4 heterocycles. The summed E-state index contributed by atoms with van der Waals surface area (Å²) in [4.78, 5) is 43.5. The number of hydrogen-bond acceptors (Lipinski definition) is 4. The molecule has 1 saturated heterocycles. The summed E-state index contributed by atoms with van der Waals surface area (Å²) in [7, 11) is 0. The highest BCUT2D eigenvalue weighted by molar-refractivity contribution is 5.98. The molecule has 11 heteroatoms. The Kier molecular flexibility index (Phi) is 7.33. The third-order valence-electron chi connectivity index (χ3n) is 6.29. The van der Waals surface area contributed by atoms with Crippen molar-refractivity contribution in [2.75, 3.05) is 19.6 Å². The van der Waals surface area contributed by atoms with Gasteiger partial charge in [-0.1, -0.05) is 19.1 Å². The van der Waals surface area contributed by atoms with Crippen LogP contribution >= 0.6 is 0 Å². The second-order valence-electron chi connectivity index (χ2n) is 8.93. The highest BCUT2D eigenvalue weighted by Gasteiger charge is 2.38. The van der Waals surface area contributed by atoms with Crippen LogP contribution in [0, 0.1) is 0 Å². The van der Waals surface area contributed by atoms with Gasteiger partial charge in [0.15, 0.2) is 0 Å². The summed E-state index contributed by atoms with van der Waals surface area (Å²) in [6.45, 7) is 4.44. The van der Waals surface area contributed by atoms with Gasteiger partial charge in [0.1, 0.15) is 0 Å². The maximum Gasteiger partial charge on any atom is 0.490 e. The maximum absolute atomic E-state index is 12.6. The minimum absolute atomic E-state index is 0.0295. The normalized spacial score (nSPS) is 16.9. The van der Waals surface area contributed by atoms with Crippen molar-refractivity contribution in [2.24, 2.45) is 0 Å². The number of halogens is 3. The van der Waals surface area contributed by atoms with Crippen molar-refractivity contribution in [2.45, 2.75) is 31.9 Å². The molecule has 1 unspecified atom stereocenters. The number of carboxylic acid groups (broad SMARTS) is 1. The Morgan fingerprint density at radius 2 is 1.70 bits per heavy atom. The lowest BCUT2D eigenvalue weighted by Gasteiger charge is -2.18. The number of aromatic amines is 1. The summed E-state index contributed by atoms with van der Waals surface area (Å²) in [6, 6.07) is 13.5. The first kappa shape index (κ1) is 25.9. The fraction of sp³-hybridized carbons (Fsp3) is 0.308. The van der Waals surface area contributed by atoms with Gasteiger partial charge in [-0.15, -0.1) is 0 Å². The van der Waals surface area contributed by atoms with E-state index in [1.165, 1.54) is 0 Å². The van der Waals surface area contributed by atoms with Gasteiger partial charge in [-0.3, -0.25) is 14.6 Å². The summed E-state index contributed by atoms with van der Waals surface area (Å²) in [5.41, 5.74) is 6.09. The number of carbonyl (C=O) groups excluding carboxylic acids is 2. The second kappa shape index (κ2) is 10.5. The van der Waals surface area contributed by atoms with Gasteiger partial charge in [-0.2, -0.15) is 13.2 Å². The Bertz CT molecular complexity index is 1310. The molecular weight excluding hydrogens is 489 g/mol. The van der Waals surface area contributed by atoms with Crippen LogP contribution in [-0.4, -0.2) is 63.6 Å². The minimum Gasteiger partial charge on any atom is -0.475 e. The fourth-order valence-corrected chi connectivity index (χ4v) is 4.29. The van der Waals surface area contributed by atoms with Crippen molar-refractivity contribution in [1.82, 2.24) is 20.2 Å². The van der Waals surface area contributed by atoms with Crippen LogP contribution in [0.25, 0.3) is 22.5 Å². The van der Waals surface area contributed by atoms with Gasteiger partial charge in [-0.25, -0.2) is 4.79 Å². The van der Waals surface area contributed by atoms with E-state index in [0.29, 0.717) is 17.7 Å². The summed E-state index contributed by atoms with van der Waals surface area (Å²) in [5, 5.41) is 10.0. The van der Waals surface area contributed by atoms with Gasteiger partial charge in [-0.05, 0) is 43.2 Å². The lowest BCUT2D eigenvalue weighted by atomic mass is 9.99. The second-order valence-corrected chi connectivity index (χ2v) is 8.93. The number of carboxylic acids is 1. The van der Waals surface area contributed by atoms with Crippen LogP contribution < -0.4 is 5.32 Å². The van der Waals surface area contributed by atoms with Gasteiger partial charge in [0.25, 0.3) is 11.8 Å². The molecule has 2 aliphatic rings. The lowest BCUT2D eigenvalue weighted by molar-refractivity contribution is -0.192. The van der Waals surface area contributed by atoms with Crippen LogP contribution in [0.2, 0.25) is 0 Å². The van der Waals surface area contributed by atoms with E-state index in [2.05, 4.69) is 22.2 Å². The number of nitrogens with one attached hydrogen (secondary N) is 2. The number of aliphatic carboxylic acids is 1. The Labute approximate surface area is 210 Å². The van der Waals surface area contributed by atoms with Crippen molar-refractivity contribution in [3.8, 4) is 22.5 Å². The SMILES string of the molecule is CC1CNC(=O)c2cc(-c3ccnc(-c4ccc(C(=O)N5CCCC5)cc4)c3)[nH]c21.O=C(O)C(F)(F)F. The summed E-state index contributed by atoms with van der Waals surface area (Å²) in [6.07, 6.45) is -1.14. The van der Waals surface area contributed by atoms with E-state index < -0.39 is 12.1 Å². The molecular formula is C26H25F3N4O4. The molecule has 8 nitrogen and oxygen atoms in total. The average Bonchev–Trinajstić information content (AvgIpc) is 3.57. The van der Waals surface area contributed by atoms with E-state index >= 15 is 0 Å². The molecule has 37 heavy (non-hydrogen) atoms. The summed E-state index contributed by atoms with van der Waals surface area (Å²) >= 11 is 0. The number of aromatic nitrogens is 2. The van der Waals surface area contributed by atoms with Crippen molar-refractivity contribution in [3.05, 3.63) is 65.5 Å². The van der Waals surface area contributed by atoms with Crippen LogP contribution in [0.4, 0.5) is 13.2 Å². The summed E-state index contributed by atoms with van der Waals surface area (Å²) in [5.74, 6) is -2.43. The number of pyridine rings is 1. The molecule has 3 aromatic rings. The zero-order chi connectivity index (χ0) is 26.7. The van der Waals surface area contributed by atoms with Crippen LogP contribution in [-0.2, 0) is 4.79 Å². The number of benzene rings is 1. The van der Waals surface area contributed by atoms with Crippen molar-refractivity contribution >= 4 is 17.8 Å². The average molecular weight is 515 g/mol. The quantitative estimate of drug-likeness (QED) is 0.477. The number of likely N-dealkylation sites (tertiary alicyclic amines) is 1. The first-order valence-corrected chi connectivity index (χ1v) is 11.7. The number of carbonyl (C=O) groups is 3. The zero-order valence-corrected chi connectivity index (χ0v) is 19.9. The standard InChI is InChI=1S/C24H24N4O2.C2HF3O2/c1-15-14-26-23(29)19-13-21(27-22(15)19)18-8-9-25-20(12-18)16-4-6-17(7-5-16)24(30)28-10-2-3-11-28;3-2(4,5)1(6)7/h4-9,12-13,15,27H,2-3,10-11,14H2,1H3,(H,26,29);(H,6,7). The fourth-order valence-electron chi connectivity index (χ4n) is 4.29. The molecule has 0 radical (unpaired) electrons. The number of fused-ring (bicyclic) bond motifs is 1. The number of rotatable bonds is 3. The van der Waals surface area contributed by atoms with E-state index in [4.69, 9.17) is 9.90 Å². The lowest BCUT2D eigenvalue weighted by Crippen LogP contribution is -2.33. The van der Waals surface area contributed by atoms with Gasteiger partial charge in [0.2, 0.25) is 0 Å². The molecule has 2 aromatic heterocycles. The van der Waals surface area contributed by atoms with Gasteiger partial charge in [0, 0.05) is 59.8 Å². The van der Waals surface area contributed by atoms with Gasteiger partial charge >= 0.3 is 12.1 Å². The van der Waals surface area contributed by atoms with Gasteiger partial charge in [0.05, 0.1) is 11.3 Å². The van der Waals surface area contributed by atoms with Crippen LogP contribution in [0.15, 0.2) is 48.7 Å². The van der Waals surface area contributed by atoms with Crippen LogP contribution in [0.5, 0.6) is 0 Å². The molecule has 0 spiro atoms. The molecule has 2 aliphatic heterocycles. The Morgan fingerprint density at radius 1 is 1.05 bits per heavy atom. The topological polar surface area (TPSA) is 115 Å². The van der Waals surface area contributed by atoms with E-state index in [9.17, 15) is 22.8 Å². The molecule has 1 atom stereocenters. The molecule has 1 fully saturated rings.